The molecule has 0 unspecified atom stereocenters. The average molecular weight is 215 g/mol. The van der Waals surface area contributed by atoms with E-state index in [0.717, 1.165) is 17.7 Å². The second-order valence-electron chi connectivity index (χ2n) is 2.91. The smallest absolute Gasteiger partial charge is 0.225 e. The molecule has 5 heteroatoms. The second-order valence-corrected chi connectivity index (χ2v) is 5.61. The Labute approximate surface area is 81.4 Å². The lowest BCUT2D eigenvalue weighted by atomic mass is 10.2. The minimum Gasteiger partial charge on any atom is -0.225 e. The Kier molecular flexibility index (Phi) is 2.09. The van der Waals surface area contributed by atoms with Crippen molar-refractivity contribution >= 4 is 21.8 Å². The van der Waals surface area contributed by atoms with Crippen LogP contribution in [0.25, 0.3) is 0 Å². The summed E-state index contributed by atoms with van der Waals surface area (Å²) >= 11 is 1.75. The van der Waals surface area contributed by atoms with E-state index in [1.165, 1.54) is 4.90 Å². The SMILES string of the molecule is NS(=O)(=O)c1ccc2c(c1)CCS2. The van der Waals surface area contributed by atoms with Crippen LogP contribution in [-0.2, 0) is 16.4 Å². The van der Waals surface area contributed by atoms with Gasteiger partial charge in [-0.15, -0.1) is 11.8 Å². The zero-order valence-corrected chi connectivity index (χ0v) is 8.49. The molecule has 2 N–H and O–H groups in total. The van der Waals surface area contributed by atoms with Gasteiger partial charge in [-0.3, -0.25) is 0 Å². The van der Waals surface area contributed by atoms with E-state index >= 15 is 0 Å². The van der Waals surface area contributed by atoms with Gasteiger partial charge in [0.25, 0.3) is 0 Å². The third-order valence-corrected chi connectivity index (χ3v) is 4.02. The molecule has 0 aromatic heterocycles. The van der Waals surface area contributed by atoms with E-state index in [-0.39, 0.29) is 4.90 Å². The van der Waals surface area contributed by atoms with Gasteiger partial charge in [-0.2, -0.15) is 0 Å². The second kappa shape index (κ2) is 3.01. The largest absolute Gasteiger partial charge is 0.238 e. The van der Waals surface area contributed by atoms with E-state index in [1.807, 2.05) is 6.07 Å². The van der Waals surface area contributed by atoms with Gasteiger partial charge in [0.15, 0.2) is 0 Å². The first-order valence-electron chi connectivity index (χ1n) is 3.86. The number of sulfonamides is 1. The zero-order chi connectivity index (χ0) is 9.47. The fraction of sp³-hybridized carbons (Fsp3) is 0.250. The van der Waals surface area contributed by atoms with E-state index < -0.39 is 10.0 Å². The number of primary sulfonamides is 1. The predicted octanol–water partition coefficient (Wildman–Crippen LogP) is 0.982. The fourth-order valence-corrected chi connectivity index (χ4v) is 2.96. The molecule has 0 atom stereocenters. The maximum atomic E-state index is 11.0. The maximum Gasteiger partial charge on any atom is 0.238 e. The van der Waals surface area contributed by atoms with Gasteiger partial charge in [-0.05, 0) is 30.2 Å². The molecule has 0 saturated carbocycles. The number of rotatable bonds is 1. The number of hydrogen-bond donors (Lipinski definition) is 1. The Balaban J connectivity index is 2.54. The number of hydrogen-bond acceptors (Lipinski definition) is 3. The minimum absolute atomic E-state index is 0.216. The molecular formula is C8H9NO2S2. The van der Waals surface area contributed by atoms with Crippen molar-refractivity contribution in [2.75, 3.05) is 5.75 Å². The molecule has 0 amide bonds. The van der Waals surface area contributed by atoms with E-state index in [2.05, 4.69) is 0 Å². The van der Waals surface area contributed by atoms with Crippen LogP contribution in [0.2, 0.25) is 0 Å². The van der Waals surface area contributed by atoms with Crippen LogP contribution in [0.15, 0.2) is 28.0 Å². The molecule has 0 saturated heterocycles. The normalized spacial score (nSPS) is 15.8. The number of fused-ring (bicyclic) bond motifs is 1. The predicted molar refractivity (Wildman–Crippen MR) is 52.2 cm³/mol. The summed E-state index contributed by atoms with van der Waals surface area (Å²) in [6, 6.07) is 5.06. The highest BCUT2D eigenvalue weighted by Gasteiger charge is 2.15. The Morgan fingerprint density at radius 2 is 2.15 bits per heavy atom. The van der Waals surface area contributed by atoms with Gasteiger partial charge in [0.2, 0.25) is 10.0 Å². The highest BCUT2D eigenvalue weighted by atomic mass is 32.2. The molecule has 1 aliphatic rings. The zero-order valence-electron chi connectivity index (χ0n) is 6.86. The average Bonchev–Trinajstić information content (AvgIpc) is 2.47. The van der Waals surface area contributed by atoms with E-state index in [0.29, 0.717) is 0 Å². The topological polar surface area (TPSA) is 60.2 Å². The molecule has 1 aliphatic heterocycles. The van der Waals surface area contributed by atoms with Gasteiger partial charge in [-0.1, -0.05) is 0 Å². The van der Waals surface area contributed by atoms with E-state index in [4.69, 9.17) is 5.14 Å². The Morgan fingerprint density at radius 1 is 1.38 bits per heavy atom. The number of thioether (sulfide) groups is 1. The molecule has 2 rings (SSSR count). The van der Waals surface area contributed by atoms with Gasteiger partial charge in [0.1, 0.15) is 0 Å². The summed E-state index contributed by atoms with van der Waals surface area (Å²) in [5.41, 5.74) is 1.09. The van der Waals surface area contributed by atoms with Crippen molar-refractivity contribution in [3.05, 3.63) is 23.8 Å². The van der Waals surface area contributed by atoms with E-state index in [1.54, 1.807) is 23.9 Å². The summed E-state index contributed by atoms with van der Waals surface area (Å²) in [5.74, 6) is 1.03. The lowest BCUT2D eigenvalue weighted by molar-refractivity contribution is 0.597. The van der Waals surface area contributed by atoms with Gasteiger partial charge in [0, 0.05) is 10.6 Å². The van der Waals surface area contributed by atoms with Gasteiger partial charge in [-0.25, -0.2) is 13.6 Å². The molecule has 0 bridgehead atoms. The van der Waals surface area contributed by atoms with Gasteiger partial charge >= 0.3 is 0 Å². The summed E-state index contributed by atoms with van der Waals surface area (Å²) in [7, 11) is -3.53. The van der Waals surface area contributed by atoms with Gasteiger partial charge < -0.3 is 0 Å². The number of benzene rings is 1. The van der Waals surface area contributed by atoms with Crippen LogP contribution in [0.3, 0.4) is 0 Å². The molecule has 3 nitrogen and oxygen atoms in total. The van der Waals surface area contributed by atoms with Crippen LogP contribution in [0.1, 0.15) is 5.56 Å². The quantitative estimate of drug-likeness (QED) is 0.759. The monoisotopic (exact) mass is 215 g/mol. The lowest BCUT2D eigenvalue weighted by Crippen LogP contribution is -2.12. The molecule has 0 aliphatic carbocycles. The molecule has 1 aromatic rings. The molecule has 0 radical (unpaired) electrons. The first kappa shape index (κ1) is 9.05. The fourth-order valence-electron chi connectivity index (χ4n) is 1.34. The molecule has 1 aromatic carbocycles. The summed E-state index contributed by atoms with van der Waals surface area (Å²) in [6.07, 6.45) is 0.934. The van der Waals surface area contributed by atoms with Crippen LogP contribution < -0.4 is 5.14 Å². The molecular weight excluding hydrogens is 206 g/mol. The number of nitrogens with two attached hydrogens (primary N) is 1. The Hall–Kier alpha value is -0.520. The van der Waals surface area contributed by atoms with Crippen LogP contribution in [0.5, 0.6) is 0 Å². The standard InChI is InChI=1S/C8H9NO2S2/c9-13(10,11)7-1-2-8-6(5-7)3-4-12-8/h1-2,5H,3-4H2,(H2,9,10,11). The summed E-state index contributed by atoms with van der Waals surface area (Å²) in [6.45, 7) is 0. The van der Waals surface area contributed by atoms with Gasteiger partial charge in [0.05, 0.1) is 4.90 Å². The minimum atomic E-state index is -3.53. The van der Waals surface area contributed by atoms with Crippen LogP contribution in [0, 0.1) is 0 Å². The van der Waals surface area contributed by atoms with Crippen molar-refractivity contribution in [3.8, 4) is 0 Å². The first-order chi connectivity index (χ1) is 6.07. The van der Waals surface area contributed by atoms with Crippen molar-refractivity contribution in [3.63, 3.8) is 0 Å². The summed E-state index contributed by atoms with van der Waals surface area (Å²) in [5, 5.41) is 5.02. The first-order valence-corrected chi connectivity index (χ1v) is 6.39. The van der Waals surface area contributed by atoms with Crippen LogP contribution in [0.4, 0.5) is 0 Å². The Morgan fingerprint density at radius 3 is 2.85 bits per heavy atom. The highest BCUT2D eigenvalue weighted by Crippen LogP contribution is 2.32. The molecule has 0 spiro atoms. The van der Waals surface area contributed by atoms with E-state index in [9.17, 15) is 8.42 Å². The molecule has 0 fully saturated rings. The maximum absolute atomic E-state index is 11.0. The third kappa shape index (κ3) is 1.72. The molecule has 13 heavy (non-hydrogen) atoms. The van der Waals surface area contributed by atoms with Crippen molar-refractivity contribution in [2.24, 2.45) is 5.14 Å². The summed E-state index contributed by atoms with van der Waals surface area (Å²) < 4.78 is 22.0. The van der Waals surface area contributed by atoms with Crippen molar-refractivity contribution in [2.45, 2.75) is 16.2 Å². The Bertz CT molecular complexity index is 439. The summed E-state index contributed by atoms with van der Waals surface area (Å²) in [4.78, 5) is 1.39. The van der Waals surface area contributed by atoms with Crippen molar-refractivity contribution in [1.29, 1.82) is 0 Å². The number of aryl methyl sites for hydroxylation is 1. The molecule has 70 valence electrons. The van der Waals surface area contributed by atoms with Crippen LogP contribution in [-0.4, -0.2) is 14.2 Å². The van der Waals surface area contributed by atoms with Crippen molar-refractivity contribution in [1.82, 2.24) is 0 Å². The third-order valence-electron chi connectivity index (χ3n) is 1.99. The highest BCUT2D eigenvalue weighted by molar-refractivity contribution is 7.99. The lowest BCUT2D eigenvalue weighted by Gasteiger charge is -2.01. The van der Waals surface area contributed by atoms with Crippen LogP contribution >= 0.6 is 11.8 Å². The van der Waals surface area contributed by atoms with Crippen molar-refractivity contribution < 1.29 is 8.42 Å². The molecule has 1 heterocycles.